The van der Waals surface area contributed by atoms with Crippen LogP contribution in [0.25, 0.3) is 5.76 Å². The van der Waals surface area contributed by atoms with E-state index in [1.165, 1.54) is 10.1 Å². The van der Waals surface area contributed by atoms with E-state index in [4.69, 9.17) is 0 Å². The number of hydrogen-bond donors (Lipinski definition) is 3. The minimum Gasteiger partial charge on any atom is -0.507 e. The summed E-state index contributed by atoms with van der Waals surface area (Å²) in [5.74, 6) is 0.633. The Balaban J connectivity index is 1.87. The molecule has 2 heterocycles. The standard InChI is InChI=1S/C25H23N3O3/c1-13(2)14-9-11-15(12-10-14)18-19-21(16-7-5-6-8-17(16)22(19)29)26-23-20(18)24(30)28(4)25(31)27(23)3/h5-13,18H,1-4H3,(H,26,29,30)/p+2. The number of benzene rings is 2. The molecule has 0 saturated carbocycles. The lowest BCUT2D eigenvalue weighted by atomic mass is 9.81. The van der Waals surface area contributed by atoms with Gasteiger partial charge in [0.05, 0.1) is 17.1 Å². The van der Waals surface area contributed by atoms with Crippen LogP contribution < -0.4 is 15.1 Å². The van der Waals surface area contributed by atoms with Crippen molar-refractivity contribution in [2.24, 2.45) is 14.1 Å². The fourth-order valence-electron chi connectivity index (χ4n) is 4.69. The van der Waals surface area contributed by atoms with Crippen molar-refractivity contribution in [2.75, 3.05) is 0 Å². The summed E-state index contributed by atoms with van der Waals surface area (Å²) in [7, 11) is 3.27. The van der Waals surface area contributed by atoms with Gasteiger partial charge >= 0.3 is 11.8 Å². The monoisotopic (exact) mass is 415 g/mol. The van der Waals surface area contributed by atoms with Gasteiger partial charge in [-0.2, -0.15) is 0 Å². The zero-order valence-electron chi connectivity index (χ0n) is 18.0. The van der Waals surface area contributed by atoms with Crippen LogP contribution >= 0.6 is 0 Å². The van der Waals surface area contributed by atoms with Crippen molar-refractivity contribution in [3.05, 3.63) is 92.3 Å². The van der Waals surface area contributed by atoms with Gasteiger partial charge in [-0.1, -0.05) is 60.9 Å². The van der Waals surface area contributed by atoms with Crippen molar-refractivity contribution in [3.8, 4) is 6.01 Å². The Bertz CT molecular complexity index is 1360. The van der Waals surface area contributed by atoms with Gasteiger partial charge in [0.1, 0.15) is 5.76 Å². The summed E-state index contributed by atoms with van der Waals surface area (Å²) >= 11 is 0. The van der Waals surface area contributed by atoms with Crippen LogP contribution in [0.15, 0.2) is 58.9 Å². The topological polar surface area (TPSA) is 80.3 Å². The summed E-state index contributed by atoms with van der Waals surface area (Å²) in [5.41, 5.74) is 5.39. The van der Waals surface area contributed by atoms with Crippen LogP contribution in [0.2, 0.25) is 0 Å². The van der Waals surface area contributed by atoms with Gasteiger partial charge in [0.25, 0.3) is 5.56 Å². The number of fused-ring (bicyclic) bond motifs is 4. The van der Waals surface area contributed by atoms with Crippen molar-refractivity contribution < 1.29 is 19.8 Å². The Morgan fingerprint density at radius 2 is 1.68 bits per heavy atom. The summed E-state index contributed by atoms with van der Waals surface area (Å²) in [6.07, 6.45) is 0. The second-order valence-electron chi connectivity index (χ2n) is 8.55. The predicted octanol–water partition coefficient (Wildman–Crippen LogP) is 1.67. The molecule has 1 aliphatic heterocycles. The van der Waals surface area contributed by atoms with E-state index in [9.17, 15) is 15.0 Å². The minimum absolute atomic E-state index is 0.145. The second kappa shape index (κ2) is 6.67. The fraction of sp³-hybridized carbons (Fsp3) is 0.240. The lowest BCUT2D eigenvalue weighted by Crippen LogP contribution is -2.75. The highest BCUT2D eigenvalue weighted by molar-refractivity contribution is 6.21. The maximum Gasteiger partial charge on any atom is 0.462 e. The number of allylic oxidation sites excluding steroid dienone is 1. The first-order valence-corrected chi connectivity index (χ1v) is 10.4. The van der Waals surface area contributed by atoms with Crippen LogP contribution in [-0.2, 0) is 14.1 Å². The third kappa shape index (κ3) is 2.61. The Hall–Kier alpha value is -3.67. The number of aliphatic hydroxyl groups excluding tert-OH is 1. The van der Waals surface area contributed by atoms with Crippen LogP contribution in [0.5, 0.6) is 6.01 Å². The number of rotatable bonds is 2. The van der Waals surface area contributed by atoms with Crippen molar-refractivity contribution in [1.82, 2.24) is 4.57 Å². The highest BCUT2D eigenvalue weighted by atomic mass is 16.3. The van der Waals surface area contributed by atoms with Crippen molar-refractivity contribution in [2.45, 2.75) is 25.7 Å². The summed E-state index contributed by atoms with van der Waals surface area (Å²) in [6.45, 7) is 4.28. The molecule has 6 nitrogen and oxygen atoms in total. The maximum atomic E-state index is 13.3. The average Bonchev–Trinajstić information content (AvgIpc) is 3.07. The third-order valence-electron chi connectivity index (χ3n) is 6.46. The van der Waals surface area contributed by atoms with Crippen molar-refractivity contribution >= 4 is 17.3 Å². The molecule has 1 atom stereocenters. The van der Waals surface area contributed by atoms with Crippen LogP contribution in [0.4, 0.5) is 5.82 Å². The molecule has 156 valence electrons. The number of hydrogen-bond acceptors (Lipinski definition) is 3. The molecular weight excluding hydrogens is 390 g/mol. The Labute approximate surface area is 180 Å². The van der Waals surface area contributed by atoms with Crippen molar-refractivity contribution in [1.29, 1.82) is 0 Å². The molecule has 2 aliphatic rings. The molecule has 2 aromatic carbocycles. The van der Waals surface area contributed by atoms with Gasteiger partial charge in [0.2, 0.25) is 5.71 Å². The van der Waals surface area contributed by atoms with E-state index in [-0.39, 0.29) is 17.3 Å². The second-order valence-corrected chi connectivity index (χ2v) is 8.55. The lowest BCUT2D eigenvalue weighted by Gasteiger charge is -2.21. The van der Waals surface area contributed by atoms with Gasteiger partial charge in [-0.05, 0) is 23.1 Å². The Morgan fingerprint density at radius 3 is 2.32 bits per heavy atom. The zero-order chi connectivity index (χ0) is 22.0. The van der Waals surface area contributed by atoms with Crippen LogP contribution in [0, 0.1) is 0 Å². The molecule has 0 spiro atoms. The molecule has 31 heavy (non-hydrogen) atoms. The Morgan fingerprint density at radius 1 is 1.03 bits per heavy atom. The third-order valence-corrected chi connectivity index (χ3v) is 6.46. The number of nitrogens with zero attached hydrogens (tertiary/aromatic N) is 2. The Kier molecular flexibility index (Phi) is 4.15. The van der Waals surface area contributed by atoms with E-state index in [1.807, 2.05) is 36.4 Å². The largest absolute Gasteiger partial charge is 0.507 e. The SMILES string of the molecule is CC(C)c1ccc(C2C3=C(O)c4ccccc4C3=[NH+]c3c2c(=O)n(C)c(O)[n+]3C)cc1. The number of aromatic nitrogens is 2. The lowest BCUT2D eigenvalue weighted by molar-refractivity contribution is -0.723. The van der Waals surface area contributed by atoms with E-state index < -0.39 is 5.92 Å². The summed E-state index contributed by atoms with van der Waals surface area (Å²) in [5, 5.41) is 21.7. The molecule has 5 rings (SSSR count). The first-order valence-electron chi connectivity index (χ1n) is 10.4. The minimum atomic E-state index is -0.467. The molecular formula is C25H25N3O3+2. The number of nitrogens with one attached hydrogen (secondary N) is 1. The fourth-order valence-corrected chi connectivity index (χ4v) is 4.69. The molecule has 0 bridgehead atoms. The molecule has 1 unspecified atom stereocenters. The van der Waals surface area contributed by atoms with E-state index in [0.717, 1.165) is 22.4 Å². The molecule has 3 aromatic rings. The molecule has 6 heteroatoms. The highest BCUT2D eigenvalue weighted by Gasteiger charge is 2.48. The summed E-state index contributed by atoms with van der Waals surface area (Å²) < 4.78 is 2.81. The van der Waals surface area contributed by atoms with Gasteiger partial charge < -0.3 is 10.2 Å². The van der Waals surface area contributed by atoms with Gasteiger partial charge in [0, 0.05) is 12.6 Å². The molecule has 0 fully saturated rings. The van der Waals surface area contributed by atoms with Crippen LogP contribution in [-0.4, -0.2) is 20.5 Å². The summed E-state index contributed by atoms with van der Waals surface area (Å²) in [6, 6.07) is 15.7. The van der Waals surface area contributed by atoms with Gasteiger partial charge in [-0.25, -0.2) is 4.57 Å². The van der Waals surface area contributed by atoms with Gasteiger partial charge in [-0.3, -0.25) is 4.79 Å². The molecule has 0 amide bonds. The first-order chi connectivity index (χ1) is 14.8. The first kappa shape index (κ1) is 19.3. The molecule has 1 aromatic heterocycles. The molecule has 1 aliphatic carbocycles. The van der Waals surface area contributed by atoms with Crippen LogP contribution in [0.3, 0.4) is 0 Å². The zero-order valence-corrected chi connectivity index (χ0v) is 18.0. The average molecular weight is 415 g/mol. The van der Waals surface area contributed by atoms with E-state index in [1.54, 1.807) is 18.7 Å². The van der Waals surface area contributed by atoms with Gasteiger partial charge in [-0.15, -0.1) is 4.99 Å². The molecule has 3 N–H and O–H groups in total. The van der Waals surface area contributed by atoms with E-state index in [0.29, 0.717) is 22.9 Å². The number of aliphatic hydroxyl groups is 1. The molecule has 0 saturated heterocycles. The van der Waals surface area contributed by atoms with E-state index in [2.05, 4.69) is 31.0 Å². The smallest absolute Gasteiger partial charge is 0.462 e. The molecule has 0 radical (unpaired) electrons. The van der Waals surface area contributed by atoms with Crippen LogP contribution in [0.1, 0.15) is 53.5 Å². The quantitative estimate of drug-likeness (QED) is 0.557. The normalized spacial score (nSPS) is 16.8. The summed E-state index contributed by atoms with van der Waals surface area (Å²) in [4.78, 5) is 16.7. The van der Waals surface area contributed by atoms with Gasteiger partial charge in [0.15, 0.2) is 12.6 Å². The van der Waals surface area contributed by atoms with Crippen molar-refractivity contribution in [3.63, 3.8) is 0 Å². The number of aromatic hydroxyl groups is 1. The maximum absolute atomic E-state index is 13.3. The predicted molar refractivity (Wildman–Crippen MR) is 118 cm³/mol. The van der Waals surface area contributed by atoms with E-state index >= 15 is 0 Å². The highest BCUT2D eigenvalue weighted by Crippen LogP contribution is 2.43.